The van der Waals surface area contributed by atoms with E-state index in [4.69, 9.17) is 10.2 Å². The molecule has 2 N–H and O–H groups in total. The minimum atomic E-state index is -0.985. The van der Waals surface area contributed by atoms with Gasteiger partial charge in [-0.3, -0.25) is 0 Å². The van der Waals surface area contributed by atoms with Gasteiger partial charge < -0.3 is 10.2 Å². The zero-order valence-corrected chi connectivity index (χ0v) is 10.2. The molecule has 0 aliphatic heterocycles. The van der Waals surface area contributed by atoms with E-state index in [0.717, 1.165) is 10.4 Å². The first-order valence-corrected chi connectivity index (χ1v) is 5.70. The molecule has 1 heterocycles. The minimum Gasteiger partial charge on any atom is -0.478 e. The summed E-state index contributed by atoms with van der Waals surface area (Å²) < 4.78 is 0. The zero-order chi connectivity index (χ0) is 13.0. The molecule has 0 aliphatic carbocycles. The van der Waals surface area contributed by atoms with Gasteiger partial charge in [-0.05, 0) is 43.0 Å². The molecule has 4 nitrogen and oxygen atoms in total. The Balaban J connectivity index is 3.11. The van der Waals surface area contributed by atoms with Crippen molar-refractivity contribution in [2.45, 2.75) is 13.8 Å². The van der Waals surface area contributed by atoms with E-state index in [1.165, 1.54) is 37.3 Å². The molecule has 1 aromatic heterocycles. The van der Waals surface area contributed by atoms with E-state index in [9.17, 15) is 9.59 Å². The molecule has 0 atom stereocenters. The lowest BCUT2D eigenvalue weighted by Crippen LogP contribution is -1.96. The van der Waals surface area contributed by atoms with Crippen molar-refractivity contribution in [2.75, 3.05) is 0 Å². The molecule has 0 saturated carbocycles. The van der Waals surface area contributed by atoms with Crippen LogP contribution in [0.2, 0.25) is 0 Å². The van der Waals surface area contributed by atoms with Crippen molar-refractivity contribution < 1.29 is 19.8 Å². The van der Waals surface area contributed by atoms with Gasteiger partial charge in [-0.1, -0.05) is 0 Å². The van der Waals surface area contributed by atoms with E-state index >= 15 is 0 Å². The van der Waals surface area contributed by atoms with Crippen LogP contribution in [0.3, 0.4) is 0 Å². The van der Waals surface area contributed by atoms with Crippen LogP contribution < -0.4 is 0 Å². The third kappa shape index (κ3) is 3.57. The summed E-state index contributed by atoms with van der Waals surface area (Å²) in [7, 11) is 0. The number of carboxylic acid groups (broad SMARTS) is 2. The van der Waals surface area contributed by atoms with Crippen molar-refractivity contribution in [3.8, 4) is 0 Å². The summed E-state index contributed by atoms with van der Waals surface area (Å²) >= 11 is 1.37. The molecule has 1 rings (SSSR count). The Morgan fingerprint density at radius 2 is 1.65 bits per heavy atom. The molecule has 0 aliphatic rings. The molecule has 0 spiro atoms. The topological polar surface area (TPSA) is 74.6 Å². The fourth-order valence-corrected chi connectivity index (χ4v) is 1.99. The Morgan fingerprint density at radius 3 is 2.18 bits per heavy atom. The van der Waals surface area contributed by atoms with Gasteiger partial charge in [-0.25, -0.2) is 9.59 Å². The Hall–Kier alpha value is -1.88. The van der Waals surface area contributed by atoms with E-state index in [0.29, 0.717) is 0 Å². The summed E-state index contributed by atoms with van der Waals surface area (Å²) in [4.78, 5) is 22.1. The van der Waals surface area contributed by atoms with Gasteiger partial charge >= 0.3 is 11.9 Å². The van der Waals surface area contributed by atoms with E-state index < -0.39 is 11.9 Å². The van der Waals surface area contributed by atoms with Crippen molar-refractivity contribution in [1.82, 2.24) is 0 Å². The van der Waals surface area contributed by atoms with Crippen LogP contribution in [0.15, 0.2) is 22.6 Å². The van der Waals surface area contributed by atoms with Crippen molar-refractivity contribution in [3.63, 3.8) is 0 Å². The van der Waals surface area contributed by atoms with Crippen LogP contribution in [0.4, 0.5) is 0 Å². The van der Waals surface area contributed by atoms with Crippen LogP contribution >= 0.6 is 11.3 Å². The maximum Gasteiger partial charge on any atom is 0.331 e. The first-order valence-electron chi connectivity index (χ1n) is 4.82. The third-order valence-corrected chi connectivity index (χ3v) is 3.00. The lowest BCUT2D eigenvalue weighted by Gasteiger charge is -1.96. The second-order valence-electron chi connectivity index (χ2n) is 3.51. The van der Waals surface area contributed by atoms with Gasteiger partial charge in [0, 0.05) is 16.0 Å². The number of thiophene rings is 1. The predicted octanol–water partition coefficient (Wildman–Crippen LogP) is 2.72. The molecule has 0 saturated heterocycles. The number of carbonyl (C=O) groups is 2. The normalized spacial score (nSPS) is 12.6. The summed E-state index contributed by atoms with van der Waals surface area (Å²) in [6.45, 7) is 3.00. The molecule has 90 valence electrons. The Bertz CT molecular complexity index is 464. The molecule has 1 aromatic rings. The van der Waals surface area contributed by atoms with Crippen molar-refractivity contribution in [1.29, 1.82) is 0 Å². The first kappa shape index (κ1) is 13.2. The van der Waals surface area contributed by atoms with Crippen molar-refractivity contribution in [2.24, 2.45) is 0 Å². The van der Waals surface area contributed by atoms with Crippen LogP contribution in [0.1, 0.15) is 24.3 Å². The molecular formula is C12H12O4S. The maximum atomic E-state index is 10.7. The summed E-state index contributed by atoms with van der Waals surface area (Å²) in [5.74, 6) is -1.97. The summed E-state index contributed by atoms with van der Waals surface area (Å²) in [5.41, 5.74) is 1.15. The molecule has 0 unspecified atom stereocenters. The number of carboxylic acids is 2. The standard InChI is InChI=1S/C12H12O4S/c1-7(11(13)14)5-9-3-4-17-10(9)6-8(2)12(15)16/h3-6H,1-2H3,(H,13,14)(H,15,16)/b7-5+,8-6+. The van der Waals surface area contributed by atoms with Crippen LogP contribution in [0.5, 0.6) is 0 Å². The second kappa shape index (κ2) is 5.45. The van der Waals surface area contributed by atoms with E-state index in [1.54, 1.807) is 11.4 Å². The summed E-state index contributed by atoms with van der Waals surface area (Å²) in [6, 6.07) is 1.76. The SMILES string of the molecule is C/C(=C\c1ccsc1/C=C(\C)C(=O)O)C(=O)O. The minimum absolute atomic E-state index is 0.214. The number of aliphatic carboxylic acids is 2. The molecule has 0 amide bonds. The number of hydrogen-bond acceptors (Lipinski definition) is 3. The highest BCUT2D eigenvalue weighted by molar-refractivity contribution is 7.11. The summed E-state index contributed by atoms with van der Waals surface area (Å²) in [6.07, 6.45) is 3.06. The highest BCUT2D eigenvalue weighted by Gasteiger charge is 2.06. The predicted molar refractivity (Wildman–Crippen MR) is 66.9 cm³/mol. The van der Waals surface area contributed by atoms with Gasteiger partial charge in [0.15, 0.2) is 0 Å². The van der Waals surface area contributed by atoms with E-state index in [-0.39, 0.29) is 11.1 Å². The fraction of sp³-hybridized carbons (Fsp3) is 0.167. The van der Waals surface area contributed by atoms with Gasteiger partial charge in [0.2, 0.25) is 0 Å². The largest absolute Gasteiger partial charge is 0.478 e. The molecule has 5 heteroatoms. The van der Waals surface area contributed by atoms with E-state index in [2.05, 4.69) is 0 Å². The Labute approximate surface area is 103 Å². The average molecular weight is 252 g/mol. The van der Waals surface area contributed by atoms with Gasteiger partial charge in [0.05, 0.1) is 0 Å². The van der Waals surface area contributed by atoms with Crippen molar-refractivity contribution in [3.05, 3.63) is 33.0 Å². The van der Waals surface area contributed by atoms with Gasteiger partial charge in [0.1, 0.15) is 0 Å². The number of hydrogen-bond donors (Lipinski definition) is 2. The summed E-state index contributed by atoms with van der Waals surface area (Å²) in [5, 5.41) is 19.3. The van der Waals surface area contributed by atoms with Crippen LogP contribution in [0.25, 0.3) is 12.2 Å². The monoisotopic (exact) mass is 252 g/mol. The lowest BCUT2D eigenvalue weighted by molar-refractivity contribution is -0.133. The zero-order valence-electron chi connectivity index (χ0n) is 9.43. The second-order valence-corrected chi connectivity index (χ2v) is 4.45. The quantitative estimate of drug-likeness (QED) is 0.808. The molecule has 0 fully saturated rings. The molecule has 0 bridgehead atoms. The number of rotatable bonds is 4. The molecular weight excluding hydrogens is 240 g/mol. The van der Waals surface area contributed by atoms with Gasteiger partial charge in [0.25, 0.3) is 0 Å². The molecule has 17 heavy (non-hydrogen) atoms. The van der Waals surface area contributed by atoms with Crippen LogP contribution in [0, 0.1) is 0 Å². The van der Waals surface area contributed by atoms with Crippen LogP contribution in [-0.4, -0.2) is 22.2 Å². The smallest absolute Gasteiger partial charge is 0.331 e. The lowest BCUT2D eigenvalue weighted by atomic mass is 10.1. The highest BCUT2D eigenvalue weighted by Crippen LogP contribution is 2.22. The third-order valence-electron chi connectivity index (χ3n) is 2.12. The van der Waals surface area contributed by atoms with Crippen molar-refractivity contribution >= 4 is 35.4 Å². The van der Waals surface area contributed by atoms with Crippen LogP contribution in [-0.2, 0) is 9.59 Å². The van der Waals surface area contributed by atoms with Gasteiger partial charge in [-0.15, -0.1) is 11.3 Å². The Morgan fingerprint density at radius 1 is 1.12 bits per heavy atom. The Kier molecular flexibility index (Phi) is 4.23. The van der Waals surface area contributed by atoms with Gasteiger partial charge in [-0.2, -0.15) is 0 Å². The fourth-order valence-electron chi connectivity index (χ4n) is 1.12. The molecule has 0 aromatic carbocycles. The maximum absolute atomic E-state index is 10.7. The average Bonchev–Trinajstić information content (AvgIpc) is 2.65. The van der Waals surface area contributed by atoms with E-state index in [1.807, 2.05) is 0 Å². The highest BCUT2D eigenvalue weighted by atomic mass is 32.1. The first-order chi connectivity index (χ1) is 7.91. The molecule has 0 radical (unpaired) electrons.